The van der Waals surface area contributed by atoms with Gasteiger partial charge in [0.05, 0.1) is 28.3 Å². The van der Waals surface area contributed by atoms with E-state index in [1.807, 2.05) is 0 Å². The highest BCUT2D eigenvalue weighted by Crippen LogP contribution is 2.30. The van der Waals surface area contributed by atoms with Crippen molar-refractivity contribution in [1.29, 1.82) is 0 Å². The van der Waals surface area contributed by atoms with E-state index in [1.54, 1.807) is 0 Å². The Bertz CT molecular complexity index is 655. The van der Waals surface area contributed by atoms with Crippen molar-refractivity contribution < 1.29 is 18.1 Å². The van der Waals surface area contributed by atoms with Crippen LogP contribution in [0.4, 0.5) is 18.9 Å². The molecule has 2 aromatic rings. The Kier molecular flexibility index (Phi) is 3.67. The monoisotopic (exact) mass is 305 g/mol. The molecule has 106 valence electrons. The lowest BCUT2D eigenvalue weighted by atomic mass is 10.2. The van der Waals surface area contributed by atoms with Crippen molar-refractivity contribution in [2.75, 3.05) is 0 Å². The van der Waals surface area contributed by atoms with E-state index in [0.717, 1.165) is 10.9 Å². The minimum Gasteiger partial charge on any atom is -0.258 e. The third-order valence-corrected chi connectivity index (χ3v) is 2.87. The van der Waals surface area contributed by atoms with Crippen LogP contribution in [0.25, 0.3) is 5.69 Å². The number of benzene rings is 1. The van der Waals surface area contributed by atoms with Gasteiger partial charge in [-0.3, -0.25) is 10.1 Å². The minimum absolute atomic E-state index is 0.127. The summed E-state index contributed by atoms with van der Waals surface area (Å²) in [5.41, 5.74) is -0.616. The zero-order valence-electron chi connectivity index (χ0n) is 9.76. The van der Waals surface area contributed by atoms with Gasteiger partial charge in [-0.25, -0.2) is 4.68 Å². The van der Waals surface area contributed by atoms with Gasteiger partial charge in [0.15, 0.2) is 0 Å². The maximum absolute atomic E-state index is 12.5. The SMILES string of the molecule is O=[N+]([O-])c1ccc(-n2cc(C(F)(F)F)cn2)cc1CCl. The topological polar surface area (TPSA) is 61.0 Å². The molecule has 0 saturated carbocycles. The van der Waals surface area contributed by atoms with E-state index in [-0.39, 0.29) is 22.8 Å². The molecular formula is C11H7ClF3N3O2. The van der Waals surface area contributed by atoms with Gasteiger partial charge in [-0.05, 0) is 12.1 Å². The lowest BCUT2D eigenvalue weighted by Crippen LogP contribution is -2.03. The van der Waals surface area contributed by atoms with Crippen LogP contribution in [0.2, 0.25) is 0 Å². The van der Waals surface area contributed by atoms with Crippen molar-refractivity contribution in [3.8, 4) is 5.69 Å². The Morgan fingerprint density at radius 1 is 1.40 bits per heavy atom. The van der Waals surface area contributed by atoms with Gasteiger partial charge in [0.1, 0.15) is 0 Å². The molecule has 0 aliphatic carbocycles. The fourth-order valence-corrected chi connectivity index (χ4v) is 1.82. The standard InChI is InChI=1S/C11H7ClF3N3O2/c12-4-7-3-9(1-2-10(7)18(19)20)17-6-8(5-16-17)11(13,14)15/h1-3,5-6H,4H2. The molecule has 0 aliphatic heterocycles. The zero-order chi connectivity index (χ0) is 14.9. The van der Waals surface area contributed by atoms with E-state index in [1.165, 1.54) is 18.2 Å². The predicted molar refractivity (Wildman–Crippen MR) is 64.8 cm³/mol. The molecule has 0 fully saturated rings. The van der Waals surface area contributed by atoms with E-state index < -0.39 is 16.7 Å². The first-order chi connectivity index (χ1) is 9.32. The molecule has 1 aromatic heterocycles. The summed E-state index contributed by atoms with van der Waals surface area (Å²) < 4.78 is 38.4. The highest BCUT2D eigenvalue weighted by atomic mass is 35.5. The van der Waals surface area contributed by atoms with Crippen LogP contribution >= 0.6 is 11.6 Å². The Morgan fingerprint density at radius 2 is 2.10 bits per heavy atom. The van der Waals surface area contributed by atoms with Crippen LogP contribution in [0, 0.1) is 10.1 Å². The number of hydrogen-bond acceptors (Lipinski definition) is 3. The number of rotatable bonds is 3. The molecule has 0 aliphatic rings. The van der Waals surface area contributed by atoms with E-state index in [2.05, 4.69) is 5.10 Å². The normalized spacial score (nSPS) is 11.6. The zero-order valence-corrected chi connectivity index (χ0v) is 10.5. The molecule has 0 unspecified atom stereocenters. The van der Waals surface area contributed by atoms with Crippen LogP contribution in [0.5, 0.6) is 0 Å². The van der Waals surface area contributed by atoms with Crippen molar-refractivity contribution >= 4 is 17.3 Å². The number of hydrogen-bond donors (Lipinski definition) is 0. The fourth-order valence-electron chi connectivity index (χ4n) is 1.61. The number of aromatic nitrogens is 2. The Balaban J connectivity index is 2.43. The van der Waals surface area contributed by atoms with E-state index in [4.69, 9.17) is 11.6 Å². The summed E-state index contributed by atoms with van der Waals surface area (Å²) in [6.45, 7) is 0. The van der Waals surface area contributed by atoms with Crippen molar-refractivity contribution in [2.24, 2.45) is 0 Å². The molecule has 2 rings (SSSR count). The number of alkyl halides is 4. The number of nitrogens with zero attached hydrogens (tertiary/aromatic N) is 3. The van der Waals surface area contributed by atoms with Crippen molar-refractivity contribution in [2.45, 2.75) is 12.1 Å². The highest BCUT2D eigenvalue weighted by Gasteiger charge is 2.32. The lowest BCUT2D eigenvalue weighted by molar-refractivity contribution is -0.385. The van der Waals surface area contributed by atoms with Gasteiger partial charge in [-0.15, -0.1) is 11.6 Å². The van der Waals surface area contributed by atoms with Crippen molar-refractivity contribution in [3.05, 3.63) is 51.8 Å². The molecule has 0 bridgehead atoms. The van der Waals surface area contributed by atoms with Gasteiger partial charge in [-0.1, -0.05) is 0 Å². The second-order valence-corrected chi connectivity index (χ2v) is 4.14. The van der Waals surface area contributed by atoms with Crippen LogP contribution in [-0.2, 0) is 12.1 Å². The van der Waals surface area contributed by atoms with Crippen LogP contribution in [0.3, 0.4) is 0 Å². The van der Waals surface area contributed by atoms with Crippen molar-refractivity contribution in [3.63, 3.8) is 0 Å². The van der Waals surface area contributed by atoms with Crippen molar-refractivity contribution in [1.82, 2.24) is 9.78 Å². The molecule has 0 N–H and O–H groups in total. The summed E-state index contributed by atoms with van der Waals surface area (Å²) in [5.74, 6) is -0.127. The predicted octanol–water partition coefficient (Wildman–Crippen LogP) is 3.54. The Labute approximate surface area is 115 Å². The van der Waals surface area contributed by atoms with Gasteiger partial charge >= 0.3 is 6.18 Å². The summed E-state index contributed by atoms with van der Waals surface area (Å²) >= 11 is 5.60. The first kappa shape index (κ1) is 14.3. The summed E-state index contributed by atoms with van der Waals surface area (Å²) in [4.78, 5) is 10.1. The number of nitro groups is 1. The second-order valence-electron chi connectivity index (χ2n) is 3.88. The molecular weight excluding hydrogens is 299 g/mol. The Morgan fingerprint density at radius 3 is 2.60 bits per heavy atom. The number of halogens is 4. The molecule has 0 atom stereocenters. The maximum Gasteiger partial charge on any atom is 0.419 e. The average molecular weight is 306 g/mol. The average Bonchev–Trinajstić information content (AvgIpc) is 2.87. The Hall–Kier alpha value is -2.09. The molecule has 0 radical (unpaired) electrons. The second kappa shape index (κ2) is 5.12. The van der Waals surface area contributed by atoms with E-state index in [9.17, 15) is 23.3 Å². The molecule has 0 spiro atoms. The van der Waals surface area contributed by atoms with E-state index >= 15 is 0 Å². The van der Waals surface area contributed by atoms with Gasteiger partial charge in [-0.2, -0.15) is 18.3 Å². The van der Waals surface area contributed by atoms with Gasteiger partial charge in [0, 0.05) is 17.8 Å². The minimum atomic E-state index is -4.49. The molecule has 0 saturated heterocycles. The lowest BCUT2D eigenvalue weighted by Gasteiger charge is -2.05. The molecule has 20 heavy (non-hydrogen) atoms. The quantitative estimate of drug-likeness (QED) is 0.495. The van der Waals surface area contributed by atoms with Crippen LogP contribution < -0.4 is 0 Å². The summed E-state index contributed by atoms with van der Waals surface area (Å²) in [7, 11) is 0. The molecule has 5 nitrogen and oxygen atoms in total. The highest BCUT2D eigenvalue weighted by molar-refractivity contribution is 6.17. The molecule has 1 heterocycles. The number of nitro benzene ring substituents is 1. The van der Waals surface area contributed by atoms with Crippen LogP contribution in [0.15, 0.2) is 30.6 Å². The van der Waals surface area contributed by atoms with E-state index in [0.29, 0.717) is 6.20 Å². The third kappa shape index (κ3) is 2.74. The van der Waals surface area contributed by atoms with Gasteiger partial charge in [0.25, 0.3) is 5.69 Å². The largest absolute Gasteiger partial charge is 0.419 e. The summed E-state index contributed by atoms with van der Waals surface area (Å²) in [6, 6.07) is 3.82. The fraction of sp³-hybridized carbons (Fsp3) is 0.182. The molecule has 9 heteroatoms. The molecule has 1 aromatic carbocycles. The smallest absolute Gasteiger partial charge is 0.258 e. The summed E-state index contributed by atoms with van der Waals surface area (Å²) in [5, 5.41) is 14.3. The maximum atomic E-state index is 12.5. The molecule has 0 amide bonds. The van der Waals surface area contributed by atoms with Crippen LogP contribution in [0.1, 0.15) is 11.1 Å². The first-order valence-corrected chi connectivity index (χ1v) is 5.82. The van der Waals surface area contributed by atoms with Gasteiger partial charge in [0.2, 0.25) is 0 Å². The van der Waals surface area contributed by atoms with Crippen LogP contribution in [-0.4, -0.2) is 14.7 Å². The first-order valence-electron chi connectivity index (χ1n) is 5.28. The van der Waals surface area contributed by atoms with Gasteiger partial charge < -0.3 is 0 Å². The summed E-state index contributed by atoms with van der Waals surface area (Å²) in [6.07, 6.45) is -3.00. The third-order valence-electron chi connectivity index (χ3n) is 2.58.